The van der Waals surface area contributed by atoms with E-state index in [9.17, 15) is 4.79 Å². The molecule has 4 nitrogen and oxygen atoms in total. The lowest BCUT2D eigenvalue weighted by Gasteiger charge is -2.24. The van der Waals surface area contributed by atoms with Gasteiger partial charge in [0.1, 0.15) is 12.4 Å². The van der Waals surface area contributed by atoms with Gasteiger partial charge in [-0.25, -0.2) is 0 Å². The molecule has 122 valence electrons. The maximum absolute atomic E-state index is 12.2. The molecule has 0 saturated carbocycles. The van der Waals surface area contributed by atoms with Crippen LogP contribution in [0.4, 0.5) is 0 Å². The number of rotatable bonds is 9. The van der Waals surface area contributed by atoms with Gasteiger partial charge in [0.2, 0.25) is 5.91 Å². The van der Waals surface area contributed by atoms with E-state index < -0.39 is 0 Å². The monoisotopic (exact) mass is 304 g/mol. The first-order valence-corrected chi connectivity index (χ1v) is 7.72. The quantitative estimate of drug-likeness (QED) is 0.658. The molecule has 0 aromatic heterocycles. The third-order valence-electron chi connectivity index (χ3n) is 3.33. The highest BCUT2D eigenvalue weighted by Gasteiger charge is 2.13. The number of nitrogens with zero attached hydrogens (tertiary/aromatic N) is 2. The Labute approximate surface area is 134 Å². The van der Waals surface area contributed by atoms with Crippen molar-refractivity contribution in [1.29, 1.82) is 0 Å². The minimum Gasteiger partial charge on any atom is -0.492 e. The van der Waals surface area contributed by atoms with Gasteiger partial charge in [-0.15, -0.1) is 0 Å². The fourth-order valence-corrected chi connectivity index (χ4v) is 2.14. The van der Waals surface area contributed by atoms with E-state index in [1.54, 1.807) is 0 Å². The van der Waals surface area contributed by atoms with Crippen LogP contribution in [0.2, 0.25) is 0 Å². The number of likely N-dealkylation sites (N-methyl/N-ethyl adjacent to an activating group) is 2. The van der Waals surface area contributed by atoms with E-state index >= 15 is 0 Å². The van der Waals surface area contributed by atoms with Crippen LogP contribution in [0.1, 0.15) is 19.4 Å². The average Bonchev–Trinajstić information content (AvgIpc) is 2.44. The molecule has 1 aromatic carbocycles. The molecule has 0 atom stereocenters. The van der Waals surface area contributed by atoms with Gasteiger partial charge in [-0.05, 0) is 45.5 Å². The Hall–Kier alpha value is -1.81. The summed E-state index contributed by atoms with van der Waals surface area (Å²) in [5.74, 6) is 1.00. The number of carbonyl (C=O) groups is 1. The van der Waals surface area contributed by atoms with Crippen molar-refractivity contribution in [1.82, 2.24) is 9.80 Å². The van der Waals surface area contributed by atoms with Crippen LogP contribution in [-0.4, -0.2) is 55.5 Å². The Morgan fingerprint density at radius 2 is 2.05 bits per heavy atom. The van der Waals surface area contributed by atoms with Gasteiger partial charge in [-0.1, -0.05) is 24.3 Å². The minimum atomic E-state index is 0.128. The molecular formula is C18H28N2O2. The van der Waals surface area contributed by atoms with Crippen LogP contribution in [0.5, 0.6) is 5.75 Å². The van der Waals surface area contributed by atoms with Crippen molar-refractivity contribution < 1.29 is 9.53 Å². The zero-order chi connectivity index (χ0) is 16.5. The molecule has 0 spiro atoms. The van der Waals surface area contributed by atoms with Crippen molar-refractivity contribution in [3.63, 3.8) is 0 Å². The van der Waals surface area contributed by atoms with Gasteiger partial charge >= 0.3 is 0 Å². The highest BCUT2D eigenvalue weighted by Crippen LogP contribution is 2.12. The second kappa shape index (κ2) is 9.26. The number of aryl methyl sites for hydroxylation is 1. The van der Waals surface area contributed by atoms with Crippen LogP contribution in [0.3, 0.4) is 0 Å². The summed E-state index contributed by atoms with van der Waals surface area (Å²) in [6.45, 7) is 12.9. The van der Waals surface area contributed by atoms with Crippen LogP contribution in [0.15, 0.2) is 36.4 Å². The van der Waals surface area contributed by atoms with Gasteiger partial charge in [0.05, 0.1) is 6.54 Å². The van der Waals surface area contributed by atoms with E-state index in [1.165, 1.54) is 5.56 Å². The lowest BCUT2D eigenvalue weighted by Crippen LogP contribution is -2.40. The molecule has 0 aliphatic heterocycles. The molecule has 22 heavy (non-hydrogen) atoms. The maximum Gasteiger partial charge on any atom is 0.237 e. The molecule has 0 heterocycles. The van der Waals surface area contributed by atoms with Crippen molar-refractivity contribution >= 4 is 5.91 Å². The topological polar surface area (TPSA) is 32.8 Å². The Morgan fingerprint density at radius 3 is 2.64 bits per heavy atom. The zero-order valence-corrected chi connectivity index (χ0v) is 14.3. The first kappa shape index (κ1) is 18.2. The maximum atomic E-state index is 12.2. The SMILES string of the molecule is C=C(C)CN(CC)C(=O)CN(C)CCOc1cccc(C)c1. The predicted molar refractivity (Wildman–Crippen MR) is 91.2 cm³/mol. The summed E-state index contributed by atoms with van der Waals surface area (Å²) in [4.78, 5) is 16.0. The number of carbonyl (C=O) groups excluding carboxylic acids is 1. The summed E-state index contributed by atoms with van der Waals surface area (Å²) in [5, 5.41) is 0. The van der Waals surface area contributed by atoms with E-state index in [0.29, 0.717) is 32.8 Å². The van der Waals surface area contributed by atoms with Crippen molar-refractivity contribution in [3.05, 3.63) is 42.0 Å². The van der Waals surface area contributed by atoms with Crippen LogP contribution in [0.25, 0.3) is 0 Å². The van der Waals surface area contributed by atoms with Gasteiger partial charge in [0, 0.05) is 19.6 Å². The van der Waals surface area contributed by atoms with Crippen LogP contribution < -0.4 is 4.74 Å². The summed E-state index contributed by atoms with van der Waals surface area (Å²) >= 11 is 0. The predicted octanol–water partition coefficient (Wildman–Crippen LogP) is 2.73. The smallest absolute Gasteiger partial charge is 0.237 e. The van der Waals surface area contributed by atoms with E-state index in [1.807, 2.05) is 61.9 Å². The Bertz CT molecular complexity index is 500. The van der Waals surface area contributed by atoms with Crippen LogP contribution in [0, 0.1) is 6.92 Å². The van der Waals surface area contributed by atoms with Gasteiger partial charge in [-0.2, -0.15) is 0 Å². The highest BCUT2D eigenvalue weighted by molar-refractivity contribution is 5.78. The van der Waals surface area contributed by atoms with Gasteiger partial charge in [-0.3, -0.25) is 9.69 Å². The zero-order valence-electron chi connectivity index (χ0n) is 14.3. The average molecular weight is 304 g/mol. The van der Waals surface area contributed by atoms with E-state index in [-0.39, 0.29) is 5.91 Å². The van der Waals surface area contributed by atoms with Crippen molar-refractivity contribution in [3.8, 4) is 5.75 Å². The number of amides is 1. The van der Waals surface area contributed by atoms with Crippen molar-refractivity contribution in [2.45, 2.75) is 20.8 Å². The third kappa shape index (κ3) is 6.76. The molecule has 1 aromatic rings. The summed E-state index contributed by atoms with van der Waals surface area (Å²) in [5.41, 5.74) is 2.18. The summed E-state index contributed by atoms with van der Waals surface area (Å²) in [7, 11) is 1.94. The van der Waals surface area contributed by atoms with E-state index in [0.717, 1.165) is 11.3 Å². The fraction of sp³-hybridized carbons (Fsp3) is 0.500. The molecule has 0 bridgehead atoms. The molecule has 0 unspecified atom stereocenters. The standard InChI is InChI=1S/C18H28N2O2/c1-6-20(13-15(2)3)18(21)14-19(5)10-11-22-17-9-7-8-16(4)12-17/h7-9,12H,2,6,10-11,13-14H2,1,3-5H3. The number of ether oxygens (including phenoxy) is 1. The molecule has 1 amide bonds. The van der Waals surface area contributed by atoms with Gasteiger partial charge < -0.3 is 9.64 Å². The van der Waals surface area contributed by atoms with Crippen molar-refractivity contribution in [2.24, 2.45) is 0 Å². The Kier molecular flexibility index (Phi) is 7.67. The van der Waals surface area contributed by atoms with Gasteiger partial charge in [0.15, 0.2) is 0 Å². The number of hydrogen-bond donors (Lipinski definition) is 0. The second-order valence-electron chi connectivity index (χ2n) is 5.77. The van der Waals surface area contributed by atoms with Gasteiger partial charge in [0.25, 0.3) is 0 Å². The van der Waals surface area contributed by atoms with Crippen LogP contribution >= 0.6 is 0 Å². The number of benzene rings is 1. The molecule has 0 fully saturated rings. The summed E-state index contributed by atoms with van der Waals surface area (Å²) < 4.78 is 5.71. The second-order valence-corrected chi connectivity index (χ2v) is 5.77. The highest BCUT2D eigenvalue weighted by atomic mass is 16.5. The van der Waals surface area contributed by atoms with Crippen molar-refractivity contribution in [2.75, 3.05) is 39.8 Å². The molecule has 1 rings (SSSR count). The van der Waals surface area contributed by atoms with E-state index in [4.69, 9.17) is 4.74 Å². The van der Waals surface area contributed by atoms with E-state index in [2.05, 4.69) is 6.58 Å². The lowest BCUT2D eigenvalue weighted by atomic mass is 10.2. The number of hydrogen-bond acceptors (Lipinski definition) is 3. The first-order chi connectivity index (χ1) is 10.4. The Morgan fingerprint density at radius 1 is 1.32 bits per heavy atom. The molecule has 0 radical (unpaired) electrons. The molecule has 0 aliphatic carbocycles. The molecule has 0 N–H and O–H groups in total. The Balaban J connectivity index is 2.34. The summed E-state index contributed by atoms with van der Waals surface area (Å²) in [6.07, 6.45) is 0. The summed E-state index contributed by atoms with van der Waals surface area (Å²) in [6, 6.07) is 7.98. The van der Waals surface area contributed by atoms with Crippen LogP contribution in [-0.2, 0) is 4.79 Å². The minimum absolute atomic E-state index is 0.128. The largest absolute Gasteiger partial charge is 0.492 e. The third-order valence-corrected chi connectivity index (χ3v) is 3.33. The molecule has 0 aliphatic rings. The lowest BCUT2D eigenvalue weighted by molar-refractivity contribution is -0.131. The first-order valence-electron chi connectivity index (χ1n) is 7.72. The molecule has 4 heteroatoms. The fourth-order valence-electron chi connectivity index (χ4n) is 2.14. The normalized spacial score (nSPS) is 10.6. The molecular weight excluding hydrogens is 276 g/mol. The molecule has 0 saturated heterocycles.